The van der Waals surface area contributed by atoms with Gasteiger partial charge in [-0.05, 0) is 30.7 Å². The minimum atomic E-state index is -0.827. The summed E-state index contributed by atoms with van der Waals surface area (Å²) in [4.78, 5) is 24.4. The van der Waals surface area contributed by atoms with Crippen molar-refractivity contribution in [1.82, 2.24) is 5.32 Å². The van der Waals surface area contributed by atoms with Crippen LogP contribution in [-0.4, -0.2) is 17.9 Å². The van der Waals surface area contributed by atoms with E-state index in [1.54, 1.807) is 12.1 Å². The van der Waals surface area contributed by atoms with Crippen molar-refractivity contribution < 1.29 is 14.3 Å². The van der Waals surface area contributed by atoms with Gasteiger partial charge in [-0.2, -0.15) is 0 Å². The Kier molecular flexibility index (Phi) is 4.85. The summed E-state index contributed by atoms with van der Waals surface area (Å²) in [6.45, 7) is 1.90. The number of carbonyl (C=O) groups excluding carboxylic acids is 2. The molecule has 5 nitrogen and oxygen atoms in total. The fraction of sp³-hybridized carbons (Fsp3) is 0.222. The quantitative estimate of drug-likeness (QED) is 0.842. The maximum Gasteiger partial charge on any atom is 0.266 e. The number of para-hydroxylation sites is 2. The normalized spacial score (nSPS) is 17.2. The Morgan fingerprint density at radius 1 is 1.25 bits per heavy atom. The van der Waals surface area contributed by atoms with Crippen LogP contribution in [0.2, 0.25) is 0 Å². The van der Waals surface area contributed by atoms with Crippen molar-refractivity contribution in [2.24, 2.45) is 0 Å². The van der Waals surface area contributed by atoms with Crippen molar-refractivity contribution >= 4 is 33.4 Å². The summed E-state index contributed by atoms with van der Waals surface area (Å²) in [6, 6.07) is 14.7. The summed E-state index contributed by atoms with van der Waals surface area (Å²) in [5.41, 5.74) is 1.60. The van der Waals surface area contributed by atoms with E-state index in [2.05, 4.69) is 26.6 Å². The first-order chi connectivity index (χ1) is 11.5. The van der Waals surface area contributed by atoms with E-state index in [1.165, 1.54) is 0 Å². The largest absolute Gasteiger partial charge is 0.478 e. The first kappa shape index (κ1) is 16.5. The number of hydrogen-bond donors (Lipinski definition) is 2. The van der Waals surface area contributed by atoms with Gasteiger partial charge in [0.1, 0.15) is 5.75 Å². The molecular formula is C18H17BrN2O3. The number of rotatable bonds is 4. The summed E-state index contributed by atoms with van der Waals surface area (Å²) in [5.74, 6) is 0.0314. The Morgan fingerprint density at radius 2 is 1.96 bits per heavy atom. The fourth-order valence-electron chi connectivity index (χ4n) is 2.60. The number of benzene rings is 2. The number of ether oxygens (including phenoxy) is 1. The van der Waals surface area contributed by atoms with Crippen LogP contribution in [0.4, 0.5) is 5.69 Å². The molecule has 3 rings (SSSR count). The van der Waals surface area contributed by atoms with E-state index in [1.807, 2.05) is 43.3 Å². The van der Waals surface area contributed by atoms with Gasteiger partial charge in [0.25, 0.3) is 5.91 Å². The smallest absolute Gasteiger partial charge is 0.266 e. The van der Waals surface area contributed by atoms with Crippen molar-refractivity contribution in [1.29, 1.82) is 0 Å². The van der Waals surface area contributed by atoms with Gasteiger partial charge in [0.2, 0.25) is 5.91 Å². The van der Waals surface area contributed by atoms with Gasteiger partial charge in [-0.3, -0.25) is 9.59 Å². The lowest BCUT2D eigenvalue weighted by Crippen LogP contribution is -2.41. The highest BCUT2D eigenvalue weighted by molar-refractivity contribution is 9.10. The molecule has 2 aromatic rings. The molecule has 0 radical (unpaired) electrons. The minimum absolute atomic E-state index is 0.0328. The molecule has 1 heterocycles. The summed E-state index contributed by atoms with van der Waals surface area (Å²) < 4.78 is 6.57. The maximum atomic E-state index is 12.3. The number of carbonyl (C=O) groups is 2. The van der Waals surface area contributed by atoms with E-state index in [9.17, 15) is 9.59 Å². The molecule has 2 aromatic carbocycles. The van der Waals surface area contributed by atoms with E-state index in [-0.39, 0.29) is 24.3 Å². The van der Waals surface area contributed by atoms with Gasteiger partial charge in [0, 0.05) is 4.47 Å². The Hall–Kier alpha value is -2.34. The highest BCUT2D eigenvalue weighted by Gasteiger charge is 2.29. The molecular weight excluding hydrogens is 372 g/mol. The summed E-state index contributed by atoms with van der Waals surface area (Å²) >= 11 is 3.47. The molecule has 1 aliphatic heterocycles. The van der Waals surface area contributed by atoms with Crippen molar-refractivity contribution in [3.05, 3.63) is 58.6 Å². The number of anilines is 1. The standard InChI is InChI=1S/C18H17BrN2O3/c1-11(12-6-2-3-7-13(12)19)20-17(22)10-16-18(23)21-14-8-4-5-9-15(14)24-16/h2-9,11,16H,10H2,1H3,(H,20,22)(H,21,23)/t11-,16+/m0/s1. The lowest BCUT2D eigenvalue weighted by Gasteiger charge is -2.26. The van der Waals surface area contributed by atoms with Crippen LogP contribution in [0.25, 0.3) is 0 Å². The third-order valence-corrected chi connectivity index (χ3v) is 4.55. The first-order valence-corrected chi connectivity index (χ1v) is 8.44. The molecule has 0 unspecified atom stereocenters. The zero-order chi connectivity index (χ0) is 17.1. The SMILES string of the molecule is C[C@H](NC(=O)C[C@H]1Oc2ccccc2NC1=O)c1ccccc1Br. The molecule has 0 spiro atoms. The van der Waals surface area contributed by atoms with Crippen molar-refractivity contribution in [3.63, 3.8) is 0 Å². The predicted octanol–water partition coefficient (Wildman–Crippen LogP) is 3.42. The van der Waals surface area contributed by atoms with Gasteiger partial charge < -0.3 is 15.4 Å². The molecule has 6 heteroatoms. The van der Waals surface area contributed by atoms with Crippen LogP contribution in [0.15, 0.2) is 53.0 Å². The zero-order valence-electron chi connectivity index (χ0n) is 13.1. The second kappa shape index (κ2) is 7.05. The topological polar surface area (TPSA) is 67.4 Å². The number of hydrogen-bond acceptors (Lipinski definition) is 3. The summed E-state index contributed by atoms with van der Waals surface area (Å²) in [6.07, 6.45) is -0.860. The molecule has 1 aliphatic rings. The Morgan fingerprint density at radius 3 is 2.75 bits per heavy atom. The van der Waals surface area contributed by atoms with Crippen LogP contribution >= 0.6 is 15.9 Å². The minimum Gasteiger partial charge on any atom is -0.478 e. The average molecular weight is 389 g/mol. The molecule has 0 bridgehead atoms. The van der Waals surface area contributed by atoms with E-state index < -0.39 is 6.10 Å². The molecule has 0 aromatic heterocycles. The molecule has 0 saturated heterocycles. The lowest BCUT2D eigenvalue weighted by molar-refractivity contribution is -0.130. The second-order valence-electron chi connectivity index (χ2n) is 5.61. The number of fused-ring (bicyclic) bond motifs is 1. The number of nitrogens with one attached hydrogen (secondary N) is 2. The monoisotopic (exact) mass is 388 g/mol. The van der Waals surface area contributed by atoms with Crippen LogP contribution in [-0.2, 0) is 9.59 Å². The maximum absolute atomic E-state index is 12.3. The molecule has 2 N–H and O–H groups in total. The average Bonchev–Trinajstić information content (AvgIpc) is 2.55. The summed E-state index contributed by atoms with van der Waals surface area (Å²) in [5, 5.41) is 5.66. The first-order valence-electron chi connectivity index (χ1n) is 7.65. The number of amides is 2. The van der Waals surface area contributed by atoms with Crippen LogP contribution in [0.3, 0.4) is 0 Å². The highest BCUT2D eigenvalue weighted by atomic mass is 79.9. The highest BCUT2D eigenvalue weighted by Crippen LogP contribution is 2.29. The van der Waals surface area contributed by atoms with Crippen LogP contribution in [0, 0.1) is 0 Å². The number of halogens is 1. The molecule has 2 atom stereocenters. The van der Waals surface area contributed by atoms with Crippen LogP contribution < -0.4 is 15.4 Å². The fourth-order valence-corrected chi connectivity index (χ4v) is 3.23. The van der Waals surface area contributed by atoms with E-state index in [0.29, 0.717) is 11.4 Å². The third-order valence-electron chi connectivity index (χ3n) is 3.83. The van der Waals surface area contributed by atoms with Gasteiger partial charge >= 0.3 is 0 Å². The van der Waals surface area contributed by atoms with Crippen molar-refractivity contribution in [2.75, 3.05) is 5.32 Å². The Bertz CT molecular complexity index is 778. The predicted molar refractivity (Wildman–Crippen MR) is 94.8 cm³/mol. The lowest BCUT2D eigenvalue weighted by atomic mass is 10.1. The summed E-state index contributed by atoms with van der Waals surface area (Å²) in [7, 11) is 0. The van der Waals surface area contributed by atoms with Gasteiger partial charge in [0.05, 0.1) is 18.2 Å². The van der Waals surface area contributed by atoms with Gasteiger partial charge in [-0.15, -0.1) is 0 Å². The van der Waals surface area contributed by atoms with E-state index in [0.717, 1.165) is 10.0 Å². The van der Waals surface area contributed by atoms with Crippen molar-refractivity contribution in [2.45, 2.75) is 25.5 Å². The third kappa shape index (κ3) is 3.59. The van der Waals surface area contributed by atoms with Crippen LogP contribution in [0.5, 0.6) is 5.75 Å². The van der Waals surface area contributed by atoms with Crippen LogP contribution in [0.1, 0.15) is 24.9 Å². The molecule has 2 amide bonds. The second-order valence-corrected chi connectivity index (χ2v) is 6.46. The van der Waals surface area contributed by atoms with Gasteiger partial charge in [0.15, 0.2) is 6.10 Å². The van der Waals surface area contributed by atoms with Gasteiger partial charge in [-0.25, -0.2) is 0 Å². The van der Waals surface area contributed by atoms with Crippen molar-refractivity contribution in [3.8, 4) is 5.75 Å². The molecule has 0 aliphatic carbocycles. The molecule has 24 heavy (non-hydrogen) atoms. The molecule has 124 valence electrons. The Labute approximate surface area is 148 Å². The molecule has 0 saturated carbocycles. The van der Waals surface area contributed by atoms with Gasteiger partial charge in [-0.1, -0.05) is 46.3 Å². The Balaban J connectivity index is 1.63. The zero-order valence-corrected chi connectivity index (χ0v) is 14.7. The van der Waals surface area contributed by atoms with E-state index in [4.69, 9.17) is 4.74 Å². The molecule has 0 fully saturated rings. The van der Waals surface area contributed by atoms with E-state index >= 15 is 0 Å².